The minimum atomic E-state index is 0.128. The Labute approximate surface area is 73.5 Å². The predicted molar refractivity (Wildman–Crippen MR) is 46.9 cm³/mol. The number of carbonyl (C=O) groups excluding carboxylic acids is 1. The third-order valence-corrected chi connectivity index (χ3v) is 2.01. The van der Waals surface area contributed by atoms with Crippen molar-refractivity contribution in [3.63, 3.8) is 0 Å². The van der Waals surface area contributed by atoms with Crippen LogP contribution in [0, 0.1) is 0 Å². The van der Waals surface area contributed by atoms with Gasteiger partial charge in [-0.1, -0.05) is 6.92 Å². The van der Waals surface area contributed by atoms with E-state index >= 15 is 0 Å². The fraction of sp³-hybridized carbons (Fsp3) is 0.889. The van der Waals surface area contributed by atoms with Gasteiger partial charge in [0.05, 0.1) is 12.5 Å². The number of nitrogens with one attached hydrogen (secondary N) is 1. The van der Waals surface area contributed by atoms with Gasteiger partial charge in [-0.25, -0.2) is 0 Å². The summed E-state index contributed by atoms with van der Waals surface area (Å²) in [5, 5.41) is 2.84. The van der Waals surface area contributed by atoms with E-state index < -0.39 is 0 Å². The molecular formula is C9H17NO2. The third-order valence-electron chi connectivity index (χ3n) is 2.01. The molecule has 0 aromatic heterocycles. The van der Waals surface area contributed by atoms with Crippen molar-refractivity contribution in [3.8, 4) is 0 Å². The van der Waals surface area contributed by atoms with Crippen LogP contribution in [0.15, 0.2) is 0 Å². The Morgan fingerprint density at radius 1 is 1.67 bits per heavy atom. The molecule has 0 aromatic carbocycles. The van der Waals surface area contributed by atoms with Gasteiger partial charge in [-0.05, 0) is 19.3 Å². The first-order valence-electron chi connectivity index (χ1n) is 4.71. The summed E-state index contributed by atoms with van der Waals surface area (Å²) in [6.07, 6.45) is 3.87. The quantitative estimate of drug-likeness (QED) is 0.687. The van der Waals surface area contributed by atoms with E-state index in [9.17, 15) is 4.79 Å². The maximum Gasteiger partial charge on any atom is 0.222 e. The smallest absolute Gasteiger partial charge is 0.222 e. The molecule has 0 saturated carbocycles. The summed E-state index contributed by atoms with van der Waals surface area (Å²) in [6.45, 7) is 3.66. The summed E-state index contributed by atoms with van der Waals surface area (Å²) in [4.78, 5) is 11.2. The number of rotatable bonds is 4. The molecule has 1 amide bonds. The zero-order chi connectivity index (χ0) is 8.81. The molecule has 1 rings (SSSR count). The van der Waals surface area contributed by atoms with Gasteiger partial charge in [0.25, 0.3) is 0 Å². The Bertz CT molecular complexity index is 141. The molecule has 0 bridgehead atoms. The van der Waals surface area contributed by atoms with Crippen LogP contribution in [0.4, 0.5) is 0 Å². The van der Waals surface area contributed by atoms with Crippen LogP contribution in [0.1, 0.15) is 32.6 Å². The molecule has 70 valence electrons. The number of carbonyl (C=O) groups is 1. The van der Waals surface area contributed by atoms with Gasteiger partial charge in [0.15, 0.2) is 0 Å². The molecule has 0 spiro atoms. The van der Waals surface area contributed by atoms with E-state index in [2.05, 4.69) is 5.32 Å². The highest BCUT2D eigenvalue weighted by Crippen LogP contribution is 2.14. The van der Waals surface area contributed by atoms with Crippen molar-refractivity contribution in [2.75, 3.05) is 13.2 Å². The van der Waals surface area contributed by atoms with Crippen LogP contribution in [-0.2, 0) is 9.53 Å². The van der Waals surface area contributed by atoms with Crippen molar-refractivity contribution in [1.29, 1.82) is 0 Å². The highest BCUT2D eigenvalue weighted by atomic mass is 16.5. The molecular weight excluding hydrogens is 154 g/mol. The zero-order valence-electron chi connectivity index (χ0n) is 7.64. The molecule has 1 unspecified atom stereocenters. The van der Waals surface area contributed by atoms with Gasteiger partial charge in [0.2, 0.25) is 5.91 Å². The monoisotopic (exact) mass is 171 g/mol. The van der Waals surface area contributed by atoms with Crippen LogP contribution in [-0.4, -0.2) is 25.2 Å². The SMILES string of the molecule is CCCNC(=O)CC1CCCO1. The largest absolute Gasteiger partial charge is 0.378 e. The lowest BCUT2D eigenvalue weighted by atomic mass is 10.2. The summed E-state index contributed by atoms with van der Waals surface area (Å²) >= 11 is 0. The summed E-state index contributed by atoms with van der Waals surface area (Å²) in [5.74, 6) is 0.128. The maximum absolute atomic E-state index is 11.2. The first kappa shape index (κ1) is 9.52. The average Bonchev–Trinajstić information content (AvgIpc) is 2.53. The number of hydrogen-bond acceptors (Lipinski definition) is 2. The minimum absolute atomic E-state index is 0.128. The van der Waals surface area contributed by atoms with Gasteiger partial charge in [-0.2, -0.15) is 0 Å². The molecule has 0 aliphatic carbocycles. The molecule has 12 heavy (non-hydrogen) atoms. The van der Waals surface area contributed by atoms with Gasteiger partial charge in [0.1, 0.15) is 0 Å². The summed E-state index contributed by atoms with van der Waals surface area (Å²) in [5.41, 5.74) is 0. The maximum atomic E-state index is 11.2. The topological polar surface area (TPSA) is 38.3 Å². The molecule has 3 nitrogen and oxygen atoms in total. The second-order valence-corrected chi connectivity index (χ2v) is 3.19. The Morgan fingerprint density at radius 2 is 2.50 bits per heavy atom. The van der Waals surface area contributed by atoms with E-state index in [0.717, 1.165) is 32.4 Å². The fourth-order valence-electron chi connectivity index (χ4n) is 1.35. The molecule has 1 atom stereocenters. The van der Waals surface area contributed by atoms with Crippen LogP contribution in [0.5, 0.6) is 0 Å². The van der Waals surface area contributed by atoms with Crippen molar-refractivity contribution < 1.29 is 9.53 Å². The Balaban J connectivity index is 2.08. The standard InChI is InChI=1S/C9H17NO2/c1-2-5-10-9(11)7-8-4-3-6-12-8/h8H,2-7H2,1H3,(H,10,11). The van der Waals surface area contributed by atoms with Gasteiger partial charge in [-0.15, -0.1) is 0 Å². The molecule has 1 aliphatic rings. The van der Waals surface area contributed by atoms with Crippen LogP contribution in [0.2, 0.25) is 0 Å². The third kappa shape index (κ3) is 3.22. The lowest BCUT2D eigenvalue weighted by molar-refractivity contribution is -0.123. The van der Waals surface area contributed by atoms with Crippen LogP contribution < -0.4 is 5.32 Å². The molecule has 1 heterocycles. The van der Waals surface area contributed by atoms with Crippen molar-refractivity contribution in [2.45, 2.75) is 38.7 Å². The van der Waals surface area contributed by atoms with Crippen LogP contribution in [0.25, 0.3) is 0 Å². The van der Waals surface area contributed by atoms with Gasteiger partial charge < -0.3 is 10.1 Å². The van der Waals surface area contributed by atoms with Crippen LogP contribution in [0.3, 0.4) is 0 Å². The number of ether oxygens (including phenoxy) is 1. The molecule has 1 saturated heterocycles. The highest BCUT2D eigenvalue weighted by Gasteiger charge is 2.18. The molecule has 1 fully saturated rings. The predicted octanol–water partition coefficient (Wildman–Crippen LogP) is 1.08. The second kappa shape index (κ2) is 5.14. The first-order chi connectivity index (χ1) is 5.83. The van der Waals surface area contributed by atoms with Gasteiger partial charge in [-0.3, -0.25) is 4.79 Å². The fourth-order valence-corrected chi connectivity index (χ4v) is 1.35. The lowest BCUT2D eigenvalue weighted by Crippen LogP contribution is -2.27. The van der Waals surface area contributed by atoms with E-state index in [1.54, 1.807) is 0 Å². The Kier molecular flexibility index (Phi) is 4.08. The molecule has 1 N–H and O–H groups in total. The lowest BCUT2D eigenvalue weighted by Gasteiger charge is -2.08. The van der Waals surface area contributed by atoms with Crippen molar-refractivity contribution >= 4 is 5.91 Å². The highest BCUT2D eigenvalue weighted by molar-refractivity contribution is 5.76. The molecule has 3 heteroatoms. The van der Waals surface area contributed by atoms with E-state index in [4.69, 9.17) is 4.74 Å². The second-order valence-electron chi connectivity index (χ2n) is 3.19. The molecule has 0 aromatic rings. The van der Waals surface area contributed by atoms with Crippen molar-refractivity contribution in [1.82, 2.24) is 5.32 Å². The van der Waals surface area contributed by atoms with Gasteiger partial charge >= 0.3 is 0 Å². The normalized spacial score (nSPS) is 22.6. The van der Waals surface area contributed by atoms with Crippen molar-refractivity contribution in [2.24, 2.45) is 0 Å². The number of hydrogen-bond donors (Lipinski definition) is 1. The summed E-state index contributed by atoms with van der Waals surface area (Å²) < 4.78 is 5.34. The van der Waals surface area contributed by atoms with Gasteiger partial charge in [0, 0.05) is 13.2 Å². The number of amides is 1. The van der Waals surface area contributed by atoms with E-state index in [1.807, 2.05) is 6.92 Å². The molecule has 1 aliphatic heterocycles. The van der Waals surface area contributed by atoms with E-state index in [1.165, 1.54) is 0 Å². The first-order valence-corrected chi connectivity index (χ1v) is 4.71. The van der Waals surface area contributed by atoms with E-state index in [0.29, 0.717) is 6.42 Å². The average molecular weight is 171 g/mol. The Morgan fingerprint density at radius 3 is 3.08 bits per heavy atom. The van der Waals surface area contributed by atoms with Crippen molar-refractivity contribution in [3.05, 3.63) is 0 Å². The summed E-state index contributed by atoms with van der Waals surface area (Å²) in [7, 11) is 0. The minimum Gasteiger partial charge on any atom is -0.378 e. The van der Waals surface area contributed by atoms with E-state index in [-0.39, 0.29) is 12.0 Å². The Hall–Kier alpha value is -0.570. The van der Waals surface area contributed by atoms with Crippen LogP contribution >= 0.6 is 0 Å². The summed E-state index contributed by atoms with van der Waals surface area (Å²) in [6, 6.07) is 0. The molecule has 0 radical (unpaired) electrons. The zero-order valence-corrected chi connectivity index (χ0v) is 7.64.